The lowest BCUT2D eigenvalue weighted by atomic mass is 10.2. The van der Waals surface area contributed by atoms with Crippen molar-refractivity contribution in [1.82, 2.24) is 10.2 Å². The highest BCUT2D eigenvalue weighted by Crippen LogP contribution is 2.28. The second-order valence-corrected chi connectivity index (χ2v) is 6.35. The third-order valence-electron chi connectivity index (χ3n) is 3.31. The third-order valence-corrected chi connectivity index (χ3v) is 4.54. The minimum atomic E-state index is -4.15. The standard InChI is InChI=1S/C15H12N2O6S/c1-22-10-4-7-13-12(8-10)14(17-16-13)23-24(20,21)11-5-2-9(3-6-11)15(18)19/h2-8H,1H3,(H,16,17)(H,18,19). The number of rotatable bonds is 5. The number of aromatic carboxylic acids is 1. The number of nitrogens with one attached hydrogen (secondary N) is 1. The number of hydrogen-bond acceptors (Lipinski definition) is 6. The number of methoxy groups -OCH3 is 1. The molecule has 24 heavy (non-hydrogen) atoms. The molecule has 0 saturated carbocycles. The van der Waals surface area contributed by atoms with Gasteiger partial charge in [-0.15, -0.1) is 5.10 Å². The third kappa shape index (κ3) is 2.88. The van der Waals surface area contributed by atoms with Gasteiger partial charge in [-0.05, 0) is 42.5 Å². The van der Waals surface area contributed by atoms with E-state index < -0.39 is 16.1 Å². The first-order valence-corrected chi connectivity index (χ1v) is 8.11. The first-order chi connectivity index (χ1) is 11.4. The molecule has 2 aromatic carbocycles. The smallest absolute Gasteiger partial charge is 0.340 e. The Bertz CT molecular complexity index is 1010. The van der Waals surface area contributed by atoms with Crippen LogP contribution in [-0.2, 0) is 10.1 Å². The Morgan fingerprint density at radius 1 is 1.17 bits per heavy atom. The van der Waals surface area contributed by atoms with Gasteiger partial charge < -0.3 is 14.0 Å². The van der Waals surface area contributed by atoms with Crippen molar-refractivity contribution in [2.24, 2.45) is 0 Å². The quantitative estimate of drug-likeness (QED) is 0.677. The van der Waals surface area contributed by atoms with Gasteiger partial charge in [0.25, 0.3) is 5.88 Å². The van der Waals surface area contributed by atoms with E-state index in [1.54, 1.807) is 18.2 Å². The molecule has 0 bridgehead atoms. The maximum absolute atomic E-state index is 12.3. The summed E-state index contributed by atoms with van der Waals surface area (Å²) < 4.78 is 34.8. The van der Waals surface area contributed by atoms with Crippen molar-refractivity contribution in [1.29, 1.82) is 0 Å². The first-order valence-electron chi connectivity index (χ1n) is 6.70. The van der Waals surface area contributed by atoms with Gasteiger partial charge in [0.2, 0.25) is 0 Å². The molecule has 0 aliphatic rings. The molecule has 3 aromatic rings. The number of fused-ring (bicyclic) bond motifs is 1. The van der Waals surface area contributed by atoms with Gasteiger partial charge in [0.05, 0.1) is 23.6 Å². The van der Waals surface area contributed by atoms with Crippen LogP contribution in [0.5, 0.6) is 11.6 Å². The number of carbonyl (C=O) groups is 1. The molecule has 0 aliphatic carbocycles. The zero-order chi connectivity index (χ0) is 17.3. The van der Waals surface area contributed by atoms with E-state index in [1.165, 1.54) is 19.2 Å². The van der Waals surface area contributed by atoms with E-state index in [2.05, 4.69) is 10.2 Å². The van der Waals surface area contributed by atoms with E-state index in [9.17, 15) is 13.2 Å². The van der Waals surface area contributed by atoms with Crippen molar-refractivity contribution in [3.63, 3.8) is 0 Å². The lowest BCUT2D eigenvalue weighted by Gasteiger charge is -2.05. The van der Waals surface area contributed by atoms with Crippen LogP contribution in [0.3, 0.4) is 0 Å². The van der Waals surface area contributed by atoms with Crippen LogP contribution in [0.1, 0.15) is 10.4 Å². The molecular weight excluding hydrogens is 336 g/mol. The summed E-state index contributed by atoms with van der Waals surface area (Å²) >= 11 is 0. The molecule has 0 unspecified atom stereocenters. The zero-order valence-corrected chi connectivity index (χ0v) is 13.2. The van der Waals surface area contributed by atoms with Crippen LogP contribution in [0, 0.1) is 0 Å². The summed E-state index contributed by atoms with van der Waals surface area (Å²) in [7, 11) is -2.66. The number of carboxylic acid groups (broad SMARTS) is 1. The molecule has 2 N–H and O–H groups in total. The molecule has 0 saturated heterocycles. The largest absolute Gasteiger partial charge is 0.497 e. The van der Waals surface area contributed by atoms with Crippen LogP contribution in [0.25, 0.3) is 10.9 Å². The SMILES string of the molecule is COc1ccc2[nH]nc(OS(=O)(=O)c3ccc(C(=O)O)cc3)c2c1. The van der Waals surface area contributed by atoms with Crippen LogP contribution in [-0.4, -0.2) is 36.8 Å². The summed E-state index contributed by atoms with van der Waals surface area (Å²) in [5.41, 5.74) is 0.561. The minimum Gasteiger partial charge on any atom is -0.497 e. The molecule has 9 heteroatoms. The van der Waals surface area contributed by atoms with Gasteiger partial charge in [-0.1, -0.05) is 0 Å². The van der Waals surface area contributed by atoms with Crippen molar-refractivity contribution >= 4 is 27.0 Å². The number of ether oxygens (including phenoxy) is 1. The van der Waals surface area contributed by atoms with E-state index >= 15 is 0 Å². The Morgan fingerprint density at radius 2 is 1.88 bits per heavy atom. The molecule has 1 aromatic heterocycles. The molecule has 0 amide bonds. The van der Waals surface area contributed by atoms with Gasteiger partial charge in [-0.3, -0.25) is 5.10 Å². The average Bonchev–Trinajstić information content (AvgIpc) is 2.96. The van der Waals surface area contributed by atoms with Gasteiger partial charge >= 0.3 is 16.1 Å². The minimum absolute atomic E-state index is 0.0242. The summed E-state index contributed by atoms with van der Waals surface area (Å²) in [4.78, 5) is 10.6. The second kappa shape index (κ2) is 5.85. The number of nitrogens with zero attached hydrogens (tertiary/aromatic N) is 1. The number of hydrogen-bond donors (Lipinski definition) is 2. The molecule has 1 heterocycles. The fourth-order valence-corrected chi connectivity index (χ4v) is 2.98. The molecular formula is C15H12N2O6S. The molecule has 0 atom stereocenters. The average molecular weight is 348 g/mol. The Kier molecular flexibility index (Phi) is 3.86. The van der Waals surface area contributed by atoms with Crippen molar-refractivity contribution in [2.45, 2.75) is 4.90 Å². The zero-order valence-electron chi connectivity index (χ0n) is 12.4. The fraction of sp³-hybridized carbons (Fsp3) is 0.0667. The van der Waals surface area contributed by atoms with E-state index in [0.29, 0.717) is 16.7 Å². The predicted octanol–water partition coefficient (Wildman–Crippen LogP) is 2.04. The van der Waals surface area contributed by atoms with Crippen LogP contribution in [0.15, 0.2) is 47.4 Å². The molecule has 0 radical (unpaired) electrons. The van der Waals surface area contributed by atoms with Crippen LogP contribution in [0.4, 0.5) is 0 Å². The number of carboxylic acids is 1. The topological polar surface area (TPSA) is 119 Å². The summed E-state index contributed by atoms with van der Waals surface area (Å²) in [5.74, 6) is -0.742. The predicted molar refractivity (Wildman–Crippen MR) is 83.9 cm³/mol. The van der Waals surface area contributed by atoms with E-state index in [-0.39, 0.29) is 16.3 Å². The Morgan fingerprint density at radius 3 is 2.50 bits per heavy atom. The molecule has 0 fully saturated rings. The number of benzene rings is 2. The Hall–Kier alpha value is -3.07. The van der Waals surface area contributed by atoms with Gasteiger partial charge in [-0.2, -0.15) is 8.42 Å². The highest BCUT2D eigenvalue weighted by atomic mass is 32.2. The van der Waals surface area contributed by atoms with Gasteiger partial charge in [0, 0.05) is 0 Å². The lowest BCUT2D eigenvalue weighted by Crippen LogP contribution is -2.10. The van der Waals surface area contributed by atoms with Crippen molar-refractivity contribution < 1.29 is 27.2 Å². The van der Waals surface area contributed by atoms with Crippen molar-refractivity contribution in [3.8, 4) is 11.6 Å². The summed E-state index contributed by atoms with van der Waals surface area (Å²) in [6.45, 7) is 0. The van der Waals surface area contributed by atoms with E-state index in [0.717, 1.165) is 12.1 Å². The summed E-state index contributed by atoms with van der Waals surface area (Å²) in [5, 5.41) is 15.8. The van der Waals surface area contributed by atoms with E-state index in [4.69, 9.17) is 14.0 Å². The van der Waals surface area contributed by atoms with Crippen molar-refractivity contribution in [2.75, 3.05) is 7.11 Å². The van der Waals surface area contributed by atoms with Gasteiger partial charge in [0.1, 0.15) is 10.6 Å². The molecule has 8 nitrogen and oxygen atoms in total. The Balaban J connectivity index is 1.96. The lowest BCUT2D eigenvalue weighted by molar-refractivity contribution is 0.0696. The van der Waals surface area contributed by atoms with E-state index in [1.807, 2.05) is 0 Å². The second-order valence-electron chi connectivity index (χ2n) is 4.81. The van der Waals surface area contributed by atoms with Gasteiger partial charge in [0.15, 0.2) is 0 Å². The maximum atomic E-state index is 12.3. The highest BCUT2D eigenvalue weighted by Gasteiger charge is 2.20. The van der Waals surface area contributed by atoms with Gasteiger partial charge in [-0.25, -0.2) is 4.79 Å². The van der Waals surface area contributed by atoms with Crippen LogP contribution >= 0.6 is 0 Å². The fourth-order valence-electron chi connectivity index (χ4n) is 2.08. The maximum Gasteiger partial charge on any atom is 0.340 e. The molecule has 0 spiro atoms. The molecule has 124 valence electrons. The first kappa shape index (κ1) is 15.8. The molecule has 3 rings (SSSR count). The normalized spacial score (nSPS) is 11.4. The van der Waals surface area contributed by atoms with Crippen LogP contribution < -0.4 is 8.92 Å². The van der Waals surface area contributed by atoms with Crippen LogP contribution in [0.2, 0.25) is 0 Å². The number of aromatic nitrogens is 2. The monoisotopic (exact) mass is 348 g/mol. The molecule has 0 aliphatic heterocycles. The number of H-pyrrole nitrogens is 1. The summed E-state index contributed by atoms with van der Waals surface area (Å²) in [6.07, 6.45) is 0. The summed E-state index contributed by atoms with van der Waals surface area (Å²) in [6, 6.07) is 9.67. The highest BCUT2D eigenvalue weighted by molar-refractivity contribution is 7.87. The van der Waals surface area contributed by atoms with Crippen molar-refractivity contribution in [3.05, 3.63) is 48.0 Å². The number of aromatic amines is 1. The Labute approximate surface area is 136 Å².